The van der Waals surface area contributed by atoms with Crippen LogP contribution in [0.15, 0.2) is 6.07 Å². The molecule has 0 bridgehead atoms. The molecule has 2 rings (SSSR count). The Morgan fingerprint density at radius 1 is 1.15 bits per heavy atom. The van der Waals surface area contributed by atoms with E-state index in [1.165, 1.54) is 0 Å². The van der Waals surface area contributed by atoms with E-state index in [-0.39, 0.29) is 0 Å². The Hall–Kier alpha value is -1.85. The van der Waals surface area contributed by atoms with Crippen LogP contribution in [0.2, 0.25) is 0 Å². The molecule has 6 heteroatoms. The second-order valence-electron chi connectivity index (χ2n) is 2.75. The van der Waals surface area contributed by atoms with Crippen molar-refractivity contribution in [1.29, 1.82) is 0 Å². The highest BCUT2D eigenvalue weighted by Crippen LogP contribution is 2.11. The molecule has 0 unspecified atom stereocenters. The number of aromatic nitrogens is 6. The minimum atomic E-state index is 0.538. The molecule has 0 amide bonds. The van der Waals surface area contributed by atoms with Gasteiger partial charge in [0.15, 0.2) is 5.82 Å². The number of hydrogen-bond acceptors (Lipinski definition) is 5. The fourth-order valence-electron chi connectivity index (χ4n) is 0.930. The number of rotatable bonds is 1. The van der Waals surface area contributed by atoms with E-state index in [9.17, 15) is 0 Å². The summed E-state index contributed by atoms with van der Waals surface area (Å²) >= 11 is 0. The maximum atomic E-state index is 3.97. The van der Waals surface area contributed by atoms with Crippen molar-refractivity contribution >= 4 is 0 Å². The van der Waals surface area contributed by atoms with Crippen molar-refractivity contribution in [1.82, 2.24) is 30.8 Å². The van der Waals surface area contributed by atoms with E-state index in [2.05, 4.69) is 30.8 Å². The van der Waals surface area contributed by atoms with Gasteiger partial charge in [-0.1, -0.05) is 0 Å². The highest BCUT2D eigenvalue weighted by molar-refractivity contribution is 5.48. The number of H-pyrrole nitrogens is 1. The highest BCUT2D eigenvalue weighted by Gasteiger charge is 2.05. The summed E-state index contributed by atoms with van der Waals surface area (Å²) < 4.78 is 0. The summed E-state index contributed by atoms with van der Waals surface area (Å²) in [6.07, 6.45) is 0. The lowest BCUT2D eigenvalue weighted by Crippen LogP contribution is -1.94. The van der Waals surface area contributed by atoms with Crippen LogP contribution in [0, 0.1) is 13.8 Å². The van der Waals surface area contributed by atoms with E-state index in [0.29, 0.717) is 11.5 Å². The normalized spacial score (nSPS) is 10.3. The second kappa shape index (κ2) is 2.89. The van der Waals surface area contributed by atoms with Crippen LogP contribution >= 0.6 is 0 Å². The Bertz CT molecular complexity index is 407. The van der Waals surface area contributed by atoms with Gasteiger partial charge in [0.2, 0.25) is 0 Å². The van der Waals surface area contributed by atoms with Crippen molar-refractivity contribution in [2.24, 2.45) is 0 Å². The van der Waals surface area contributed by atoms with Gasteiger partial charge in [0.1, 0.15) is 5.69 Å². The molecule has 0 aliphatic rings. The predicted molar refractivity (Wildman–Crippen MR) is 44.7 cm³/mol. The van der Waals surface area contributed by atoms with Crippen LogP contribution < -0.4 is 0 Å². The summed E-state index contributed by atoms with van der Waals surface area (Å²) in [4.78, 5) is 0. The summed E-state index contributed by atoms with van der Waals surface area (Å²) in [6, 6.07) is 1.89. The van der Waals surface area contributed by atoms with Crippen LogP contribution in [0.5, 0.6) is 0 Å². The van der Waals surface area contributed by atoms with E-state index in [1.54, 1.807) is 0 Å². The predicted octanol–water partition coefficient (Wildman–Crippen LogP) is 0.274. The van der Waals surface area contributed by atoms with Crippen LogP contribution in [0.25, 0.3) is 11.5 Å². The summed E-state index contributed by atoms with van der Waals surface area (Å²) in [5.41, 5.74) is 2.64. The standard InChI is InChI=1S/C7H8N6/c1-4-3-6(9-8-5(4)2)7-10-12-13-11-7/h3H,1-2H3,(H,10,11,12,13). The van der Waals surface area contributed by atoms with Gasteiger partial charge < -0.3 is 0 Å². The first-order chi connectivity index (χ1) is 6.27. The van der Waals surface area contributed by atoms with Gasteiger partial charge in [-0.3, -0.25) is 0 Å². The molecule has 66 valence electrons. The minimum Gasteiger partial charge on any atom is -0.237 e. The van der Waals surface area contributed by atoms with Gasteiger partial charge >= 0.3 is 0 Å². The number of aromatic amines is 1. The Kier molecular flexibility index (Phi) is 1.73. The van der Waals surface area contributed by atoms with E-state index in [0.717, 1.165) is 11.3 Å². The number of nitrogens with zero attached hydrogens (tertiary/aromatic N) is 5. The molecular formula is C7H8N6. The fraction of sp³-hybridized carbons (Fsp3) is 0.286. The second-order valence-corrected chi connectivity index (χ2v) is 2.75. The van der Waals surface area contributed by atoms with Crippen molar-refractivity contribution in [2.75, 3.05) is 0 Å². The summed E-state index contributed by atoms with van der Waals surface area (Å²) in [5.74, 6) is 0.538. The highest BCUT2D eigenvalue weighted by atomic mass is 15.5. The van der Waals surface area contributed by atoms with Crippen LogP contribution in [0.4, 0.5) is 0 Å². The average Bonchev–Trinajstić information content (AvgIpc) is 2.62. The first kappa shape index (κ1) is 7.78. The maximum absolute atomic E-state index is 3.97. The third-order valence-electron chi connectivity index (χ3n) is 1.82. The number of tetrazole rings is 1. The molecule has 0 atom stereocenters. The molecule has 0 saturated heterocycles. The van der Waals surface area contributed by atoms with Crippen molar-refractivity contribution in [3.05, 3.63) is 17.3 Å². The monoisotopic (exact) mass is 176 g/mol. The largest absolute Gasteiger partial charge is 0.237 e. The molecular weight excluding hydrogens is 168 g/mol. The lowest BCUT2D eigenvalue weighted by atomic mass is 10.2. The van der Waals surface area contributed by atoms with Crippen molar-refractivity contribution < 1.29 is 0 Å². The topological polar surface area (TPSA) is 80.2 Å². The number of aryl methyl sites for hydroxylation is 2. The summed E-state index contributed by atoms with van der Waals surface area (Å²) in [5, 5.41) is 21.2. The van der Waals surface area contributed by atoms with Crippen molar-refractivity contribution in [3.63, 3.8) is 0 Å². The van der Waals surface area contributed by atoms with E-state index >= 15 is 0 Å². The van der Waals surface area contributed by atoms with Gasteiger partial charge in [0.25, 0.3) is 0 Å². The number of nitrogens with one attached hydrogen (secondary N) is 1. The molecule has 2 aromatic heterocycles. The van der Waals surface area contributed by atoms with E-state index in [1.807, 2.05) is 19.9 Å². The summed E-state index contributed by atoms with van der Waals surface area (Å²) in [6.45, 7) is 3.88. The Morgan fingerprint density at radius 3 is 2.62 bits per heavy atom. The molecule has 0 aromatic carbocycles. The molecule has 0 aliphatic carbocycles. The van der Waals surface area contributed by atoms with Crippen LogP contribution in [-0.2, 0) is 0 Å². The lowest BCUT2D eigenvalue weighted by molar-refractivity contribution is 0.881. The molecule has 6 nitrogen and oxygen atoms in total. The zero-order chi connectivity index (χ0) is 9.26. The van der Waals surface area contributed by atoms with Gasteiger partial charge in [0.05, 0.1) is 5.69 Å². The van der Waals surface area contributed by atoms with Gasteiger partial charge in [-0.15, -0.1) is 10.2 Å². The first-order valence-corrected chi connectivity index (χ1v) is 3.82. The SMILES string of the molecule is Cc1cc(-c2nnn[nH]2)nnc1C. The molecule has 0 radical (unpaired) electrons. The van der Waals surface area contributed by atoms with E-state index < -0.39 is 0 Å². The smallest absolute Gasteiger partial charge is 0.199 e. The van der Waals surface area contributed by atoms with Gasteiger partial charge in [-0.05, 0) is 35.9 Å². The fourth-order valence-corrected chi connectivity index (χ4v) is 0.930. The Morgan fingerprint density at radius 2 is 2.00 bits per heavy atom. The molecule has 0 saturated carbocycles. The van der Waals surface area contributed by atoms with Crippen molar-refractivity contribution in [2.45, 2.75) is 13.8 Å². The molecule has 0 aliphatic heterocycles. The zero-order valence-corrected chi connectivity index (χ0v) is 7.31. The maximum Gasteiger partial charge on any atom is 0.199 e. The quantitative estimate of drug-likeness (QED) is 0.674. The molecule has 2 heterocycles. The molecule has 0 spiro atoms. The van der Waals surface area contributed by atoms with Gasteiger partial charge in [-0.25, -0.2) is 5.10 Å². The Balaban J connectivity index is 2.49. The van der Waals surface area contributed by atoms with E-state index in [4.69, 9.17) is 0 Å². The van der Waals surface area contributed by atoms with Crippen LogP contribution in [0.1, 0.15) is 11.3 Å². The first-order valence-electron chi connectivity index (χ1n) is 3.82. The molecule has 1 N–H and O–H groups in total. The van der Waals surface area contributed by atoms with Crippen LogP contribution in [-0.4, -0.2) is 30.8 Å². The third kappa shape index (κ3) is 1.37. The zero-order valence-electron chi connectivity index (χ0n) is 7.31. The average molecular weight is 176 g/mol. The van der Waals surface area contributed by atoms with Gasteiger partial charge in [0, 0.05) is 0 Å². The van der Waals surface area contributed by atoms with Crippen LogP contribution in [0.3, 0.4) is 0 Å². The number of hydrogen-bond donors (Lipinski definition) is 1. The Labute approximate surface area is 74.4 Å². The van der Waals surface area contributed by atoms with Crippen molar-refractivity contribution in [3.8, 4) is 11.5 Å². The lowest BCUT2D eigenvalue weighted by Gasteiger charge is -1.98. The minimum absolute atomic E-state index is 0.538. The summed E-state index contributed by atoms with van der Waals surface area (Å²) in [7, 11) is 0. The third-order valence-corrected chi connectivity index (χ3v) is 1.82. The molecule has 2 aromatic rings. The molecule has 0 fully saturated rings. The van der Waals surface area contributed by atoms with Gasteiger partial charge in [-0.2, -0.15) is 5.10 Å². The molecule has 13 heavy (non-hydrogen) atoms.